The number of hydrogen-bond acceptors (Lipinski definition) is 3. The zero-order chi connectivity index (χ0) is 28.8. The Labute approximate surface area is 273 Å². The van der Waals surface area contributed by atoms with E-state index in [1.165, 1.54) is 32.7 Å². The van der Waals surface area contributed by atoms with E-state index >= 15 is 0 Å². The van der Waals surface area contributed by atoms with Gasteiger partial charge in [0.05, 0.1) is 7.14 Å². The predicted molar refractivity (Wildman–Crippen MR) is 195 cm³/mol. The molecule has 0 saturated carbocycles. The van der Waals surface area contributed by atoms with Crippen molar-refractivity contribution in [3.8, 4) is 0 Å². The van der Waals surface area contributed by atoms with Crippen molar-refractivity contribution in [3.05, 3.63) is 140 Å². The highest BCUT2D eigenvalue weighted by Gasteiger charge is 2.30. The van der Waals surface area contributed by atoms with E-state index in [1.54, 1.807) is 0 Å². The molecule has 0 radical (unpaired) electrons. The third-order valence-electron chi connectivity index (χ3n) is 8.05. The Bertz CT molecular complexity index is 1960. The van der Waals surface area contributed by atoms with E-state index in [-0.39, 0.29) is 12.1 Å². The maximum absolute atomic E-state index is 7.19. The van der Waals surface area contributed by atoms with Crippen LogP contribution >= 0.6 is 53.3 Å². The van der Waals surface area contributed by atoms with Crippen LogP contribution in [0.3, 0.4) is 0 Å². The van der Waals surface area contributed by atoms with Crippen molar-refractivity contribution >= 4 is 96.8 Å². The first-order chi connectivity index (χ1) is 20.5. The van der Waals surface area contributed by atoms with Gasteiger partial charge in [-0.15, -0.1) is 0 Å². The van der Waals surface area contributed by atoms with Crippen LogP contribution < -0.4 is 4.67 Å². The summed E-state index contributed by atoms with van der Waals surface area (Å²) in [6.45, 7) is 4.51. The molecule has 0 aliphatic carbocycles. The molecule has 0 amide bonds. The molecule has 1 aromatic heterocycles. The summed E-state index contributed by atoms with van der Waals surface area (Å²) in [6.07, 6.45) is 0. The van der Waals surface area contributed by atoms with E-state index in [0.717, 1.165) is 29.1 Å². The third-order valence-corrected chi connectivity index (χ3v) is 11.4. The van der Waals surface area contributed by atoms with Gasteiger partial charge in [-0.1, -0.05) is 109 Å². The first kappa shape index (κ1) is 28.0. The molecule has 3 nitrogen and oxygen atoms in total. The molecule has 6 heteroatoms. The van der Waals surface area contributed by atoms with Gasteiger partial charge in [0.15, 0.2) is 11.2 Å². The molecular formula is C36H28I2NO2P. The van der Waals surface area contributed by atoms with Gasteiger partial charge < -0.3 is 8.39 Å². The first-order valence-electron chi connectivity index (χ1n) is 14.0. The molecule has 0 saturated heterocycles. The summed E-state index contributed by atoms with van der Waals surface area (Å²) >= 11 is 4.88. The van der Waals surface area contributed by atoms with E-state index in [2.05, 4.69) is 185 Å². The highest BCUT2D eigenvalue weighted by molar-refractivity contribution is 14.1. The second kappa shape index (κ2) is 11.7. The Balaban J connectivity index is 1.65. The fraction of sp³-hybridized carbons (Fsp3) is 0.111. The molecule has 0 unspecified atom stereocenters. The molecule has 0 aliphatic heterocycles. The zero-order valence-electron chi connectivity index (χ0n) is 23.2. The van der Waals surface area contributed by atoms with E-state index < -0.39 is 8.16 Å². The maximum Gasteiger partial charge on any atom is 0.310 e. The molecule has 0 bridgehead atoms. The van der Waals surface area contributed by atoms with Crippen LogP contribution in [0.15, 0.2) is 130 Å². The minimum atomic E-state index is -1.58. The fourth-order valence-corrected chi connectivity index (χ4v) is 9.45. The number of halogens is 2. The van der Waals surface area contributed by atoms with Gasteiger partial charge in [-0.25, -0.2) is 0 Å². The molecule has 7 aromatic rings. The molecule has 0 N–H and O–H groups in total. The number of hydrogen-bond donors (Lipinski definition) is 0. The molecule has 0 fully saturated rings. The molecule has 1 heterocycles. The lowest BCUT2D eigenvalue weighted by atomic mass is 9.99. The number of rotatable bonds is 5. The van der Waals surface area contributed by atoms with E-state index in [0.29, 0.717) is 0 Å². The third kappa shape index (κ3) is 4.94. The van der Waals surface area contributed by atoms with Crippen molar-refractivity contribution in [2.24, 2.45) is 0 Å². The molecule has 42 heavy (non-hydrogen) atoms. The Hall–Kier alpha value is -2.84. The van der Waals surface area contributed by atoms with Gasteiger partial charge in [0.1, 0.15) is 0 Å². The molecule has 0 spiro atoms. The van der Waals surface area contributed by atoms with Gasteiger partial charge in [0.2, 0.25) is 0 Å². The van der Waals surface area contributed by atoms with Crippen LogP contribution in [0.25, 0.3) is 43.5 Å². The summed E-state index contributed by atoms with van der Waals surface area (Å²) in [5, 5.41) is 6.92. The molecule has 0 aliphatic rings. The zero-order valence-corrected chi connectivity index (χ0v) is 28.4. The smallest absolute Gasteiger partial charge is 0.310 e. The fourth-order valence-electron chi connectivity index (χ4n) is 5.92. The summed E-state index contributed by atoms with van der Waals surface area (Å²) in [6, 6.07) is 43.1. The summed E-state index contributed by atoms with van der Waals surface area (Å²) in [4.78, 5) is 0. The first-order valence-corrected chi connectivity index (χ1v) is 17.3. The highest BCUT2D eigenvalue weighted by atomic mass is 127. The van der Waals surface area contributed by atoms with Gasteiger partial charge in [-0.2, -0.15) is 4.67 Å². The average molecular weight is 791 g/mol. The maximum atomic E-state index is 7.19. The summed E-state index contributed by atoms with van der Waals surface area (Å²) in [7, 11) is -1.58. The normalized spacial score (nSPS) is 13.3. The van der Waals surface area contributed by atoms with E-state index in [9.17, 15) is 0 Å². The van der Waals surface area contributed by atoms with Gasteiger partial charge in [-0.3, -0.25) is 0 Å². The Morgan fingerprint density at radius 2 is 0.929 bits per heavy atom. The van der Waals surface area contributed by atoms with Crippen molar-refractivity contribution < 1.29 is 8.39 Å². The van der Waals surface area contributed by atoms with Gasteiger partial charge in [0.25, 0.3) is 0 Å². The summed E-state index contributed by atoms with van der Waals surface area (Å²) in [5.41, 5.74) is 4.22. The Morgan fingerprint density at radius 3 is 1.36 bits per heavy atom. The number of nitrogens with zero attached hydrogens (tertiary/aromatic N) is 1. The topological polar surface area (TPSA) is 29.5 Å². The summed E-state index contributed by atoms with van der Waals surface area (Å²) < 4.78 is 19.0. The molecular weight excluding hydrogens is 763 g/mol. The quantitative estimate of drug-likeness (QED) is 0.163. The second-order valence-corrected chi connectivity index (χ2v) is 14.2. The summed E-state index contributed by atoms with van der Waals surface area (Å²) in [5.74, 6) is 0. The second-order valence-electron chi connectivity index (χ2n) is 10.5. The highest BCUT2D eigenvalue weighted by Crippen LogP contribution is 2.49. The van der Waals surface area contributed by atoms with Crippen LogP contribution in [-0.2, 0) is 0 Å². The van der Waals surface area contributed by atoms with Crippen molar-refractivity contribution in [2.45, 2.75) is 25.9 Å². The average Bonchev–Trinajstić information content (AvgIpc) is 3.21. The van der Waals surface area contributed by atoms with Crippen LogP contribution in [0.1, 0.15) is 37.1 Å². The van der Waals surface area contributed by atoms with Crippen LogP contribution in [0, 0.1) is 7.14 Å². The number of fused-ring (bicyclic) bond motifs is 7. The standard InChI is InChI=1S/C36H28I2NO2P/c1-23(25-13-5-3-6-14-25)39(24(2)26-15-7-4-8-16-26)42-40-35-31(37)21-27-17-9-11-19-29(27)33(35)34-30-20-12-10-18-28(30)22-32(38)36(34)41-42/h3-24H,1-2H3/t23-,24-/m0/s1. The van der Waals surface area contributed by atoms with Crippen LogP contribution in [0.2, 0.25) is 0 Å². The SMILES string of the molecule is C[C@@H](c1ccccc1)N([C@@H](C)c1ccccc1)p1oc2c(I)cc3ccccc3c2c2c(o1)c(I)cc1ccccc12. The molecule has 7 rings (SSSR count). The molecule has 208 valence electrons. The van der Waals surface area contributed by atoms with Crippen LogP contribution in [-0.4, -0.2) is 0 Å². The van der Waals surface area contributed by atoms with Crippen molar-refractivity contribution in [3.63, 3.8) is 0 Å². The lowest BCUT2D eigenvalue weighted by Gasteiger charge is -2.31. The van der Waals surface area contributed by atoms with Crippen molar-refractivity contribution in [2.75, 3.05) is 4.67 Å². The van der Waals surface area contributed by atoms with Crippen molar-refractivity contribution in [1.29, 1.82) is 0 Å². The lowest BCUT2D eigenvalue weighted by Crippen LogP contribution is -2.27. The monoisotopic (exact) mass is 791 g/mol. The predicted octanol–water partition coefficient (Wildman–Crippen LogP) is 12.3. The van der Waals surface area contributed by atoms with Crippen molar-refractivity contribution in [1.82, 2.24) is 0 Å². The lowest BCUT2D eigenvalue weighted by molar-refractivity contribution is 0.557. The van der Waals surface area contributed by atoms with Gasteiger partial charge >= 0.3 is 8.16 Å². The van der Waals surface area contributed by atoms with E-state index in [4.69, 9.17) is 8.39 Å². The molecule has 2 atom stereocenters. The van der Waals surface area contributed by atoms with E-state index in [1.807, 2.05) is 0 Å². The Morgan fingerprint density at radius 1 is 0.548 bits per heavy atom. The minimum absolute atomic E-state index is 0.0359. The number of benzene rings is 6. The minimum Gasteiger partial charge on any atom is -0.407 e. The van der Waals surface area contributed by atoms with Crippen LogP contribution in [0.5, 0.6) is 0 Å². The van der Waals surface area contributed by atoms with Crippen LogP contribution in [0.4, 0.5) is 0 Å². The molecule has 6 aromatic carbocycles. The van der Waals surface area contributed by atoms with Gasteiger partial charge in [-0.05, 0) is 104 Å². The largest absolute Gasteiger partial charge is 0.407 e. The Kier molecular flexibility index (Phi) is 7.78. The van der Waals surface area contributed by atoms with Gasteiger partial charge in [0, 0.05) is 22.9 Å².